The first-order valence-corrected chi connectivity index (χ1v) is 9.89. The van der Waals surface area contributed by atoms with E-state index in [1.165, 1.54) is 14.0 Å². The molecular weight excluding hydrogens is 420 g/mol. The molecule has 1 unspecified atom stereocenters. The minimum atomic E-state index is -1.22. The number of carbonyl (C=O) groups excluding carboxylic acids is 2. The summed E-state index contributed by atoms with van der Waals surface area (Å²) >= 11 is 0. The van der Waals surface area contributed by atoms with Crippen molar-refractivity contribution in [1.82, 2.24) is 5.32 Å². The van der Waals surface area contributed by atoms with Crippen molar-refractivity contribution in [2.75, 3.05) is 33.5 Å². The van der Waals surface area contributed by atoms with Crippen LogP contribution in [-0.2, 0) is 33.4 Å². The number of hydrogen-bond acceptors (Lipinski definition) is 10. The molecule has 1 fully saturated rings. The van der Waals surface area contributed by atoms with Gasteiger partial charge in [0, 0.05) is 20.6 Å². The van der Waals surface area contributed by atoms with E-state index in [0.717, 1.165) is 19.3 Å². The third-order valence-electron chi connectivity index (χ3n) is 4.73. The van der Waals surface area contributed by atoms with Crippen molar-refractivity contribution >= 4 is 18.0 Å². The summed E-state index contributed by atoms with van der Waals surface area (Å²) in [6.45, 7) is 0.538. The van der Waals surface area contributed by atoms with Gasteiger partial charge in [-0.2, -0.15) is 0 Å². The molecule has 0 radical (unpaired) electrons. The lowest BCUT2D eigenvalue weighted by Gasteiger charge is -2.36. The standard InChI is InChI=1S/C18H30N2O11/c1-13(29-16(23)11-28-10-14(9-27-2)31-20(25)26)30-17(24)19-12-18(8-15(21)22)6-4-3-5-7-18/h13-14H,3-12H2,1-2H3,(H,19,24)(H,21,22)/t13?,14-/m0/s1. The number of methoxy groups -OCH3 is 1. The van der Waals surface area contributed by atoms with Gasteiger partial charge >= 0.3 is 18.0 Å². The van der Waals surface area contributed by atoms with Crippen molar-refractivity contribution < 1.29 is 48.4 Å². The molecule has 0 saturated heterocycles. The Morgan fingerprint density at radius 2 is 1.84 bits per heavy atom. The Hall–Kier alpha value is -2.67. The fourth-order valence-electron chi connectivity index (χ4n) is 3.42. The van der Waals surface area contributed by atoms with Gasteiger partial charge in [-0.3, -0.25) is 4.79 Å². The molecule has 1 aliphatic carbocycles. The minimum Gasteiger partial charge on any atom is -0.481 e. The Morgan fingerprint density at radius 1 is 1.16 bits per heavy atom. The smallest absolute Gasteiger partial charge is 0.410 e. The van der Waals surface area contributed by atoms with E-state index < -0.39 is 47.5 Å². The van der Waals surface area contributed by atoms with E-state index in [9.17, 15) is 24.5 Å². The third-order valence-corrected chi connectivity index (χ3v) is 4.73. The van der Waals surface area contributed by atoms with Crippen LogP contribution in [0.4, 0.5) is 4.79 Å². The molecule has 0 aromatic rings. The van der Waals surface area contributed by atoms with Crippen molar-refractivity contribution in [2.24, 2.45) is 5.41 Å². The fourth-order valence-corrected chi connectivity index (χ4v) is 3.42. The summed E-state index contributed by atoms with van der Waals surface area (Å²) in [5.74, 6) is -1.78. The van der Waals surface area contributed by atoms with E-state index in [1.54, 1.807) is 0 Å². The second-order valence-electron chi connectivity index (χ2n) is 7.37. The number of hydrogen-bond donors (Lipinski definition) is 2. The molecule has 1 aliphatic rings. The summed E-state index contributed by atoms with van der Waals surface area (Å²) in [7, 11) is 1.33. The maximum atomic E-state index is 12.0. The second-order valence-corrected chi connectivity index (χ2v) is 7.37. The van der Waals surface area contributed by atoms with E-state index in [-0.39, 0.29) is 26.2 Å². The molecule has 31 heavy (non-hydrogen) atoms. The van der Waals surface area contributed by atoms with Gasteiger partial charge in [0.05, 0.1) is 19.6 Å². The van der Waals surface area contributed by atoms with Gasteiger partial charge in [0.2, 0.25) is 6.29 Å². The lowest BCUT2D eigenvalue weighted by molar-refractivity contribution is -0.769. The lowest BCUT2D eigenvalue weighted by atomic mass is 9.72. The van der Waals surface area contributed by atoms with Gasteiger partial charge in [0.25, 0.3) is 5.09 Å². The number of rotatable bonds is 14. The first-order valence-electron chi connectivity index (χ1n) is 9.89. The highest BCUT2D eigenvalue weighted by atomic mass is 17.0. The Balaban J connectivity index is 2.34. The molecule has 13 nitrogen and oxygen atoms in total. The van der Waals surface area contributed by atoms with Crippen LogP contribution in [0, 0.1) is 15.5 Å². The molecule has 0 bridgehead atoms. The maximum absolute atomic E-state index is 12.0. The zero-order valence-corrected chi connectivity index (χ0v) is 17.7. The van der Waals surface area contributed by atoms with Gasteiger partial charge in [0.1, 0.15) is 6.61 Å². The molecule has 0 aliphatic heterocycles. The highest BCUT2D eigenvalue weighted by Gasteiger charge is 2.35. The van der Waals surface area contributed by atoms with Crippen LogP contribution in [0.5, 0.6) is 0 Å². The SMILES string of the molecule is COC[C@@H](COCC(=O)OC(C)OC(=O)NCC1(CC(=O)O)CCCCC1)O[N+](=O)[O-]. The van der Waals surface area contributed by atoms with Crippen molar-refractivity contribution in [3.05, 3.63) is 10.1 Å². The van der Waals surface area contributed by atoms with E-state index in [4.69, 9.17) is 24.1 Å². The van der Waals surface area contributed by atoms with E-state index in [2.05, 4.69) is 10.2 Å². The van der Waals surface area contributed by atoms with E-state index >= 15 is 0 Å². The average molecular weight is 450 g/mol. The quantitative estimate of drug-likeness (QED) is 0.169. The van der Waals surface area contributed by atoms with Crippen LogP contribution in [0.15, 0.2) is 0 Å². The molecule has 1 amide bonds. The Morgan fingerprint density at radius 3 is 2.42 bits per heavy atom. The topological polar surface area (TPSA) is 173 Å². The Bertz CT molecular complexity index is 607. The largest absolute Gasteiger partial charge is 0.481 e. The number of alkyl carbamates (subject to hydrolysis) is 1. The molecular formula is C18H30N2O11. The van der Waals surface area contributed by atoms with Crippen LogP contribution in [-0.4, -0.2) is 74.1 Å². The Kier molecular flexibility index (Phi) is 11.6. The number of esters is 1. The predicted molar refractivity (Wildman–Crippen MR) is 102 cm³/mol. The molecule has 0 heterocycles. The molecule has 178 valence electrons. The average Bonchev–Trinajstić information content (AvgIpc) is 2.66. The van der Waals surface area contributed by atoms with Gasteiger partial charge < -0.3 is 34.2 Å². The summed E-state index contributed by atoms with van der Waals surface area (Å²) in [6, 6.07) is 0. The van der Waals surface area contributed by atoms with Crippen molar-refractivity contribution in [1.29, 1.82) is 0 Å². The molecule has 0 spiro atoms. The number of aliphatic carboxylic acids is 1. The number of carboxylic acid groups (broad SMARTS) is 1. The zero-order chi connectivity index (χ0) is 23.3. The number of carbonyl (C=O) groups is 3. The first-order chi connectivity index (χ1) is 14.7. The van der Waals surface area contributed by atoms with Gasteiger partial charge in [-0.25, -0.2) is 9.59 Å². The monoisotopic (exact) mass is 450 g/mol. The summed E-state index contributed by atoms with van der Waals surface area (Å²) < 4.78 is 19.6. The van der Waals surface area contributed by atoms with Crippen molar-refractivity contribution in [3.63, 3.8) is 0 Å². The van der Waals surface area contributed by atoms with Crippen LogP contribution < -0.4 is 5.32 Å². The summed E-state index contributed by atoms with van der Waals surface area (Å²) in [5, 5.41) is 21.1. The van der Waals surface area contributed by atoms with Crippen LogP contribution in [0.1, 0.15) is 45.4 Å². The van der Waals surface area contributed by atoms with Gasteiger partial charge in [-0.1, -0.05) is 19.3 Å². The molecule has 1 rings (SSSR count). The highest BCUT2D eigenvalue weighted by molar-refractivity contribution is 5.71. The van der Waals surface area contributed by atoms with E-state index in [1.807, 2.05) is 0 Å². The first kappa shape index (κ1) is 26.4. The number of nitrogens with zero attached hydrogens (tertiary/aromatic N) is 1. The van der Waals surface area contributed by atoms with Gasteiger partial charge in [0.15, 0.2) is 6.10 Å². The number of ether oxygens (including phenoxy) is 4. The molecule has 2 N–H and O–H groups in total. The Labute approximate surface area is 179 Å². The number of carboxylic acids is 1. The zero-order valence-electron chi connectivity index (χ0n) is 17.7. The molecule has 13 heteroatoms. The molecule has 0 aromatic carbocycles. The van der Waals surface area contributed by atoms with Crippen LogP contribution >= 0.6 is 0 Å². The van der Waals surface area contributed by atoms with Crippen molar-refractivity contribution in [2.45, 2.75) is 57.8 Å². The van der Waals surface area contributed by atoms with Crippen LogP contribution in [0.25, 0.3) is 0 Å². The summed E-state index contributed by atoms with van der Waals surface area (Å²) in [4.78, 5) is 49.6. The minimum absolute atomic E-state index is 0.0423. The summed E-state index contributed by atoms with van der Waals surface area (Å²) in [6.07, 6.45) is 1.12. The highest BCUT2D eigenvalue weighted by Crippen LogP contribution is 2.38. The number of nitrogens with one attached hydrogen (secondary N) is 1. The molecule has 1 saturated carbocycles. The van der Waals surface area contributed by atoms with E-state index in [0.29, 0.717) is 12.8 Å². The van der Waals surface area contributed by atoms with Gasteiger partial charge in [-0.05, 0) is 18.3 Å². The lowest BCUT2D eigenvalue weighted by Crippen LogP contribution is -2.41. The van der Waals surface area contributed by atoms with Gasteiger partial charge in [-0.15, -0.1) is 10.1 Å². The predicted octanol–water partition coefficient (Wildman–Crippen LogP) is 1.27. The number of amides is 1. The van der Waals surface area contributed by atoms with Crippen LogP contribution in [0.3, 0.4) is 0 Å². The van der Waals surface area contributed by atoms with Crippen LogP contribution in [0.2, 0.25) is 0 Å². The maximum Gasteiger partial charge on any atom is 0.410 e. The fraction of sp³-hybridized carbons (Fsp3) is 0.833. The summed E-state index contributed by atoms with van der Waals surface area (Å²) in [5.41, 5.74) is -0.512. The third kappa shape index (κ3) is 11.3. The second kappa shape index (κ2) is 13.6. The van der Waals surface area contributed by atoms with Crippen molar-refractivity contribution in [3.8, 4) is 0 Å². The normalized spacial score (nSPS) is 17.1. The molecule has 0 aromatic heterocycles. The molecule has 2 atom stereocenters.